The molecule has 2 nitrogen and oxygen atoms in total. The van der Waals surface area contributed by atoms with Gasteiger partial charge in [-0.05, 0) is 5.41 Å². The number of ketones is 1. The van der Waals surface area contributed by atoms with Crippen molar-refractivity contribution in [2.75, 3.05) is 0 Å². The summed E-state index contributed by atoms with van der Waals surface area (Å²) >= 11 is 0. The summed E-state index contributed by atoms with van der Waals surface area (Å²) in [4.78, 5) is 22.5. The van der Waals surface area contributed by atoms with E-state index in [0.29, 0.717) is 0 Å². The number of hydrogen-bond donors (Lipinski definition) is 0. The summed E-state index contributed by atoms with van der Waals surface area (Å²) < 4.78 is 0. The second kappa shape index (κ2) is 3.60. The fraction of sp³-hybridized carbons (Fsp3) is 0.818. The molecule has 13 heavy (non-hydrogen) atoms. The van der Waals surface area contributed by atoms with Gasteiger partial charge in [-0.25, -0.2) is 0 Å². The van der Waals surface area contributed by atoms with Crippen LogP contribution in [0.15, 0.2) is 0 Å². The minimum absolute atomic E-state index is 0.0324. The fourth-order valence-corrected chi connectivity index (χ4v) is 1.06. The van der Waals surface area contributed by atoms with Crippen molar-refractivity contribution in [1.29, 1.82) is 0 Å². The van der Waals surface area contributed by atoms with Crippen LogP contribution in [0.25, 0.3) is 0 Å². The first kappa shape index (κ1) is 12.3. The van der Waals surface area contributed by atoms with Gasteiger partial charge in [0.05, 0.1) is 5.92 Å². The van der Waals surface area contributed by atoms with Gasteiger partial charge in [-0.15, -0.1) is 0 Å². The highest BCUT2D eigenvalue weighted by molar-refractivity contribution is 5.97. The van der Waals surface area contributed by atoms with Crippen LogP contribution in [0.3, 0.4) is 0 Å². The third-order valence-corrected chi connectivity index (χ3v) is 1.99. The quantitative estimate of drug-likeness (QED) is 0.616. The third-order valence-electron chi connectivity index (χ3n) is 1.99. The molecular weight excluding hydrogens is 164 g/mol. The maximum atomic E-state index is 11.8. The molecule has 0 aliphatic carbocycles. The molecule has 0 aromatic carbocycles. The summed E-state index contributed by atoms with van der Waals surface area (Å²) in [5.74, 6) is -0.650. The second-order valence-electron chi connectivity index (χ2n) is 5.53. The summed E-state index contributed by atoms with van der Waals surface area (Å²) in [6.45, 7) is 11.1. The molecule has 0 rings (SSSR count). The molecule has 2 heteroatoms. The summed E-state index contributed by atoms with van der Waals surface area (Å²) in [7, 11) is 0. The Labute approximate surface area is 80.7 Å². The predicted octanol–water partition coefficient (Wildman–Crippen LogP) is 2.37. The van der Waals surface area contributed by atoms with Crippen molar-refractivity contribution in [2.24, 2.45) is 16.7 Å². The molecule has 0 saturated carbocycles. The van der Waals surface area contributed by atoms with E-state index in [0.717, 1.165) is 0 Å². The molecule has 0 saturated heterocycles. The van der Waals surface area contributed by atoms with Crippen molar-refractivity contribution in [3.63, 3.8) is 0 Å². The molecule has 1 radical (unpaired) electrons. The molecule has 0 aliphatic rings. The van der Waals surface area contributed by atoms with Crippen LogP contribution in [-0.4, -0.2) is 12.1 Å². The number of carbonyl (C=O) groups is 1. The molecule has 0 aliphatic heterocycles. The first-order chi connectivity index (χ1) is 5.60. The lowest BCUT2D eigenvalue weighted by atomic mass is 9.72. The molecule has 75 valence electrons. The Morgan fingerprint density at radius 3 is 1.54 bits per heavy atom. The van der Waals surface area contributed by atoms with Crippen molar-refractivity contribution in [3.05, 3.63) is 0 Å². The molecule has 0 N–H and O–H groups in total. The van der Waals surface area contributed by atoms with E-state index in [2.05, 4.69) is 0 Å². The van der Waals surface area contributed by atoms with E-state index < -0.39 is 11.3 Å². The minimum Gasteiger partial charge on any atom is -0.298 e. The van der Waals surface area contributed by atoms with Gasteiger partial charge in [0.25, 0.3) is 0 Å². The zero-order chi connectivity index (χ0) is 10.9. The van der Waals surface area contributed by atoms with E-state index in [-0.39, 0.29) is 11.2 Å². The van der Waals surface area contributed by atoms with Gasteiger partial charge >= 0.3 is 0 Å². The normalized spacial score (nSPS) is 15.2. The number of carbonyl (C=O) groups excluding carboxylic acids is 2. The van der Waals surface area contributed by atoms with Crippen LogP contribution in [0.4, 0.5) is 0 Å². The number of Topliss-reactive ketones (excluding diaryl/α,β-unsaturated/α-hetero) is 1. The standard InChI is InChI=1S/C11H19O2/c1-10(2,3)8(7-12)9(13)11(4,5)6/h8H,1-6H3. The maximum absolute atomic E-state index is 11.8. The zero-order valence-corrected chi connectivity index (χ0v) is 9.39. The lowest BCUT2D eigenvalue weighted by Crippen LogP contribution is -2.37. The van der Waals surface area contributed by atoms with Crippen LogP contribution >= 0.6 is 0 Å². The lowest BCUT2D eigenvalue weighted by Gasteiger charge is -2.29. The molecule has 1 unspecified atom stereocenters. The van der Waals surface area contributed by atoms with Gasteiger partial charge in [-0.2, -0.15) is 0 Å². The Kier molecular flexibility index (Phi) is 3.42. The topological polar surface area (TPSA) is 34.1 Å². The van der Waals surface area contributed by atoms with Gasteiger partial charge in [0.2, 0.25) is 6.29 Å². The Hall–Kier alpha value is -0.660. The first-order valence-electron chi connectivity index (χ1n) is 4.52. The molecule has 0 amide bonds. The van der Waals surface area contributed by atoms with Crippen LogP contribution in [0, 0.1) is 16.7 Å². The monoisotopic (exact) mass is 183 g/mol. The molecule has 0 fully saturated rings. The van der Waals surface area contributed by atoms with E-state index in [9.17, 15) is 9.59 Å². The molecule has 0 bridgehead atoms. The predicted molar refractivity (Wildman–Crippen MR) is 53.1 cm³/mol. The Bertz CT molecular complexity index is 203. The molecule has 0 heterocycles. The van der Waals surface area contributed by atoms with Gasteiger partial charge < -0.3 is 0 Å². The SMILES string of the molecule is CC(C)(C)C(=O)C([C]=O)C(C)(C)C. The molecule has 0 spiro atoms. The van der Waals surface area contributed by atoms with E-state index in [4.69, 9.17) is 0 Å². The first-order valence-corrected chi connectivity index (χ1v) is 4.52. The van der Waals surface area contributed by atoms with Gasteiger partial charge in [0, 0.05) is 5.41 Å². The van der Waals surface area contributed by atoms with Crippen LogP contribution in [-0.2, 0) is 9.59 Å². The minimum atomic E-state index is -0.618. The Morgan fingerprint density at radius 1 is 1.08 bits per heavy atom. The van der Waals surface area contributed by atoms with Crippen LogP contribution < -0.4 is 0 Å². The van der Waals surface area contributed by atoms with Crippen molar-refractivity contribution >= 4 is 12.1 Å². The highest BCUT2D eigenvalue weighted by Gasteiger charge is 2.37. The molecule has 0 aromatic heterocycles. The third kappa shape index (κ3) is 3.29. The van der Waals surface area contributed by atoms with Gasteiger partial charge in [-0.1, -0.05) is 41.5 Å². The number of hydrogen-bond acceptors (Lipinski definition) is 2. The van der Waals surface area contributed by atoms with Gasteiger partial charge in [0.15, 0.2) is 0 Å². The summed E-state index contributed by atoms with van der Waals surface area (Å²) in [5.41, 5.74) is -0.790. The Balaban J connectivity index is 4.82. The maximum Gasteiger partial charge on any atom is 0.210 e. The van der Waals surface area contributed by atoms with Gasteiger partial charge in [-0.3, -0.25) is 9.59 Å². The number of rotatable bonds is 2. The average Bonchev–Trinajstić information content (AvgIpc) is 1.83. The molecular formula is C11H19O2. The second-order valence-corrected chi connectivity index (χ2v) is 5.53. The highest BCUT2D eigenvalue weighted by atomic mass is 16.1. The summed E-state index contributed by atoms with van der Waals surface area (Å²) in [6.07, 6.45) is 1.85. The van der Waals surface area contributed by atoms with E-state index >= 15 is 0 Å². The summed E-state index contributed by atoms with van der Waals surface area (Å²) in [6, 6.07) is 0. The van der Waals surface area contributed by atoms with Crippen molar-refractivity contribution in [2.45, 2.75) is 41.5 Å². The highest BCUT2D eigenvalue weighted by Crippen LogP contribution is 2.31. The van der Waals surface area contributed by atoms with Crippen LogP contribution in [0.2, 0.25) is 0 Å². The van der Waals surface area contributed by atoms with Crippen molar-refractivity contribution in [3.8, 4) is 0 Å². The smallest absolute Gasteiger partial charge is 0.210 e. The van der Waals surface area contributed by atoms with Crippen molar-refractivity contribution < 1.29 is 9.59 Å². The van der Waals surface area contributed by atoms with Crippen LogP contribution in [0.1, 0.15) is 41.5 Å². The van der Waals surface area contributed by atoms with E-state index in [1.165, 1.54) is 0 Å². The summed E-state index contributed by atoms with van der Waals surface area (Å²) in [5, 5.41) is 0. The largest absolute Gasteiger partial charge is 0.298 e. The average molecular weight is 183 g/mol. The lowest BCUT2D eigenvalue weighted by molar-refractivity contribution is -0.130. The van der Waals surface area contributed by atoms with E-state index in [1.807, 2.05) is 47.8 Å². The zero-order valence-electron chi connectivity index (χ0n) is 9.39. The van der Waals surface area contributed by atoms with Crippen molar-refractivity contribution in [1.82, 2.24) is 0 Å². The molecule has 1 atom stereocenters. The van der Waals surface area contributed by atoms with E-state index in [1.54, 1.807) is 0 Å². The fourth-order valence-electron chi connectivity index (χ4n) is 1.06. The van der Waals surface area contributed by atoms with Crippen LogP contribution in [0.5, 0.6) is 0 Å². The molecule has 0 aromatic rings. The Morgan fingerprint density at radius 2 is 1.46 bits per heavy atom. The van der Waals surface area contributed by atoms with Gasteiger partial charge in [0.1, 0.15) is 5.78 Å².